The van der Waals surface area contributed by atoms with Crippen molar-refractivity contribution in [3.8, 4) is 16.3 Å². The molecule has 14 heteroatoms. The van der Waals surface area contributed by atoms with Gasteiger partial charge in [0.25, 0.3) is 5.91 Å². The zero-order valence-electron chi connectivity index (χ0n) is 17.2. The summed E-state index contributed by atoms with van der Waals surface area (Å²) in [4.78, 5) is 16.9. The zero-order chi connectivity index (χ0) is 24.7. The van der Waals surface area contributed by atoms with E-state index in [1.54, 1.807) is 0 Å². The lowest BCUT2D eigenvalue weighted by molar-refractivity contribution is -0.153. The standard InChI is InChI=1S/C19H16Cl2F4N4O3S/c1-7-12(14(20)29-28-7)26-16(30)9-4-10(22)8(5-11(9)32-6-19(23,24)25)17-27-13(15(21)33-17)18(2,3)31/h4-5,31H,6H2,1-3H3,(H,26,30)(H,28,29). The van der Waals surface area contributed by atoms with E-state index in [0.717, 1.165) is 23.5 Å². The third-order valence-corrected chi connectivity index (χ3v) is 5.80. The van der Waals surface area contributed by atoms with Gasteiger partial charge in [-0.2, -0.15) is 18.3 Å². The Labute approximate surface area is 198 Å². The summed E-state index contributed by atoms with van der Waals surface area (Å²) in [6.45, 7) is 2.64. The van der Waals surface area contributed by atoms with Gasteiger partial charge in [-0.05, 0) is 32.9 Å². The van der Waals surface area contributed by atoms with E-state index in [2.05, 4.69) is 20.5 Å². The lowest BCUT2D eigenvalue weighted by Gasteiger charge is -2.15. The maximum Gasteiger partial charge on any atom is 0.422 e. The number of thiazole rings is 1. The first-order valence-electron chi connectivity index (χ1n) is 9.12. The Hall–Kier alpha value is -2.41. The maximum absolute atomic E-state index is 15.0. The lowest BCUT2D eigenvalue weighted by atomic mass is 10.1. The number of aliphatic hydroxyl groups is 1. The van der Waals surface area contributed by atoms with E-state index in [-0.39, 0.29) is 31.4 Å². The summed E-state index contributed by atoms with van der Waals surface area (Å²) in [5.41, 5.74) is -1.77. The minimum absolute atomic E-state index is 0.0210. The predicted octanol–water partition coefficient (Wildman–Crippen LogP) is 5.71. The Morgan fingerprint density at radius 2 is 1.97 bits per heavy atom. The van der Waals surface area contributed by atoms with Crippen LogP contribution in [0.4, 0.5) is 23.2 Å². The second-order valence-electron chi connectivity index (χ2n) is 7.38. The highest BCUT2D eigenvalue weighted by atomic mass is 35.5. The monoisotopic (exact) mass is 526 g/mol. The van der Waals surface area contributed by atoms with Crippen LogP contribution in [0.15, 0.2) is 12.1 Å². The van der Waals surface area contributed by atoms with Crippen LogP contribution in [-0.4, -0.2) is 39.0 Å². The zero-order valence-corrected chi connectivity index (χ0v) is 19.5. The molecule has 2 heterocycles. The molecule has 0 radical (unpaired) electrons. The summed E-state index contributed by atoms with van der Waals surface area (Å²) in [6, 6.07) is 1.64. The van der Waals surface area contributed by atoms with Crippen molar-refractivity contribution < 1.29 is 32.2 Å². The van der Waals surface area contributed by atoms with Crippen molar-refractivity contribution in [2.24, 2.45) is 0 Å². The number of hydrogen-bond donors (Lipinski definition) is 3. The van der Waals surface area contributed by atoms with Crippen LogP contribution in [0.25, 0.3) is 10.6 Å². The maximum atomic E-state index is 15.0. The van der Waals surface area contributed by atoms with Crippen molar-refractivity contribution in [3.05, 3.63) is 44.4 Å². The van der Waals surface area contributed by atoms with E-state index in [0.29, 0.717) is 5.69 Å². The predicted molar refractivity (Wildman–Crippen MR) is 116 cm³/mol. The summed E-state index contributed by atoms with van der Waals surface area (Å²) in [5, 5.41) is 18.7. The third kappa shape index (κ3) is 5.75. The fraction of sp³-hybridized carbons (Fsp3) is 0.316. The fourth-order valence-corrected chi connectivity index (χ4v) is 4.38. The number of carbonyl (C=O) groups excluding carboxylic acids is 1. The average molecular weight is 527 g/mol. The highest BCUT2D eigenvalue weighted by molar-refractivity contribution is 7.19. The highest BCUT2D eigenvalue weighted by Gasteiger charge is 2.31. The van der Waals surface area contributed by atoms with E-state index in [1.165, 1.54) is 20.8 Å². The lowest BCUT2D eigenvalue weighted by Crippen LogP contribution is -2.21. The number of rotatable bonds is 6. The molecule has 7 nitrogen and oxygen atoms in total. The van der Waals surface area contributed by atoms with Crippen LogP contribution in [-0.2, 0) is 5.60 Å². The summed E-state index contributed by atoms with van der Waals surface area (Å²) in [7, 11) is 0. The number of hydrogen-bond acceptors (Lipinski definition) is 6. The summed E-state index contributed by atoms with van der Waals surface area (Å²) >= 11 is 12.8. The molecule has 0 aliphatic carbocycles. The molecule has 0 atom stereocenters. The van der Waals surface area contributed by atoms with Gasteiger partial charge < -0.3 is 15.2 Å². The van der Waals surface area contributed by atoms with Gasteiger partial charge >= 0.3 is 6.18 Å². The molecule has 0 saturated heterocycles. The van der Waals surface area contributed by atoms with Crippen molar-refractivity contribution in [2.45, 2.75) is 32.5 Å². The Morgan fingerprint density at radius 3 is 2.48 bits per heavy atom. The number of nitrogens with zero attached hydrogens (tertiary/aromatic N) is 2. The first kappa shape index (κ1) is 25.2. The number of alkyl halides is 3. The molecule has 1 amide bonds. The Bertz CT molecular complexity index is 1190. The highest BCUT2D eigenvalue weighted by Crippen LogP contribution is 2.40. The van der Waals surface area contributed by atoms with Gasteiger partial charge in [0.15, 0.2) is 6.61 Å². The molecule has 0 saturated carbocycles. The van der Waals surface area contributed by atoms with E-state index in [4.69, 9.17) is 27.9 Å². The normalized spacial score (nSPS) is 12.2. The molecule has 33 heavy (non-hydrogen) atoms. The van der Waals surface area contributed by atoms with Crippen LogP contribution < -0.4 is 10.1 Å². The topological polar surface area (TPSA) is 100 Å². The van der Waals surface area contributed by atoms with Crippen molar-refractivity contribution >= 4 is 46.1 Å². The number of amides is 1. The van der Waals surface area contributed by atoms with Gasteiger partial charge in [-0.15, -0.1) is 11.3 Å². The smallest absolute Gasteiger partial charge is 0.422 e. The van der Waals surface area contributed by atoms with Gasteiger partial charge in [-0.25, -0.2) is 9.37 Å². The Kier molecular flexibility index (Phi) is 6.94. The van der Waals surface area contributed by atoms with Gasteiger partial charge in [0, 0.05) is 5.56 Å². The van der Waals surface area contributed by atoms with Crippen molar-refractivity contribution in [3.63, 3.8) is 0 Å². The molecule has 0 aliphatic heterocycles. The Morgan fingerprint density at radius 1 is 1.30 bits per heavy atom. The van der Waals surface area contributed by atoms with Gasteiger partial charge in [0.2, 0.25) is 0 Å². The molecular formula is C19H16Cl2F4N4O3S. The minimum Gasteiger partial charge on any atom is -0.483 e. The van der Waals surface area contributed by atoms with Crippen molar-refractivity contribution in [2.75, 3.05) is 11.9 Å². The van der Waals surface area contributed by atoms with Crippen molar-refractivity contribution in [1.29, 1.82) is 0 Å². The summed E-state index contributed by atoms with van der Waals surface area (Å²) in [5.74, 6) is -2.49. The summed E-state index contributed by atoms with van der Waals surface area (Å²) < 4.78 is 58.2. The summed E-state index contributed by atoms with van der Waals surface area (Å²) in [6.07, 6.45) is -4.72. The molecule has 3 rings (SSSR count). The SMILES string of the molecule is Cc1n[nH]c(Cl)c1NC(=O)c1cc(F)c(-c2nc(C(C)(C)O)c(Cl)s2)cc1OCC(F)(F)F. The number of benzene rings is 1. The molecule has 0 fully saturated rings. The number of carbonyl (C=O) groups is 1. The molecule has 178 valence electrons. The van der Waals surface area contributed by atoms with Gasteiger partial charge in [0.05, 0.1) is 11.3 Å². The van der Waals surface area contributed by atoms with E-state index >= 15 is 0 Å². The Balaban J connectivity index is 2.07. The average Bonchev–Trinajstić information content (AvgIpc) is 3.23. The van der Waals surface area contributed by atoms with E-state index in [1.807, 2.05) is 0 Å². The van der Waals surface area contributed by atoms with Crippen LogP contribution in [0, 0.1) is 12.7 Å². The number of nitrogens with one attached hydrogen (secondary N) is 2. The number of ether oxygens (including phenoxy) is 1. The van der Waals surface area contributed by atoms with Crippen molar-refractivity contribution in [1.82, 2.24) is 15.2 Å². The fourth-order valence-electron chi connectivity index (χ4n) is 2.70. The number of halogens is 6. The second-order valence-corrected chi connectivity index (χ2v) is 9.36. The number of anilines is 1. The molecule has 0 bridgehead atoms. The quantitative estimate of drug-likeness (QED) is 0.357. The van der Waals surface area contributed by atoms with Crippen LogP contribution in [0.2, 0.25) is 9.49 Å². The first-order chi connectivity index (χ1) is 15.2. The van der Waals surface area contributed by atoms with Crippen LogP contribution in [0.5, 0.6) is 5.75 Å². The number of aromatic amines is 1. The molecule has 0 spiro atoms. The van der Waals surface area contributed by atoms with Gasteiger partial charge in [0.1, 0.15) is 43.0 Å². The molecule has 2 aromatic heterocycles. The number of aromatic nitrogens is 3. The number of H-pyrrole nitrogens is 1. The molecular weight excluding hydrogens is 511 g/mol. The number of aryl methyl sites for hydroxylation is 1. The van der Waals surface area contributed by atoms with Gasteiger partial charge in [-0.3, -0.25) is 9.89 Å². The van der Waals surface area contributed by atoms with Gasteiger partial charge in [-0.1, -0.05) is 23.2 Å². The first-order valence-corrected chi connectivity index (χ1v) is 10.7. The molecule has 0 unspecified atom stereocenters. The third-order valence-electron chi connectivity index (χ3n) is 4.24. The van der Waals surface area contributed by atoms with E-state index < -0.39 is 41.4 Å². The van der Waals surface area contributed by atoms with Crippen LogP contribution >= 0.6 is 34.5 Å². The molecule has 3 aromatic rings. The largest absolute Gasteiger partial charge is 0.483 e. The van der Waals surface area contributed by atoms with E-state index in [9.17, 15) is 27.5 Å². The molecule has 0 aliphatic rings. The minimum atomic E-state index is -4.72. The second kappa shape index (κ2) is 9.09. The van der Waals surface area contributed by atoms with Crippen LogP contribution in [0.1, 0.15) is 35.6 Å². The molecule has 1 aromatic carbocycles. The molecule has 3 N–H and O–H groups in total. The van der Waals surface area contributed by atoms with Crippen LogP contribution in [0.3, 0.4) is 0 Å².